The Balaban J connectivity index is 2.59. The van der Waals surface area contributed by atoms with Gasteiger partial charge in [-0.25, -0.2) is 4.79 Å². The van der Waals surface area contributed by atoms with Crippen molar-refractivity contribution >= 4 is 17.5 Å². The maximum atomic E-state index is 11.8. The van der Waals surface area contributed by atoms with Gasteiger partial charge < -0.3 is 15.5 Å². The van der Waals surface area contributed by atoms with Crippen LogP contribution >= 0.6 is 0 Å². The van der Waals surface area contributed by atoms with Gasteiger partial charge in [-0.1, -0.05) is 12.1 Å². The number of carbonyl (C=O) groups is 2. The molecule has 0 atom stereocenters. The van der Waals surface area contributed by atoms with Crippen molar-refractivity contribution in [3.05, 3.63) is 29.8 Å². The molecule has 2 amide bonds. The topological polar surface area (TPSA) is 61.4 Å². The smallest absolute Gasteiger partial charge is 0.319 e. The number of likely N-dealkylation sites (N-methyl/N-ethyl adjacent to an activating group) is 1. The van der Waals surface area contributed by atoms with Crippen LogP contribution in [-0.4, -0.2) is 42.9 Å². The van der Waals surface area contributed by atoms with Gasteiger partial charge in [-0.05, 0) is 47.0 Å². The zero-order valence-electron chi connectivity index (χ0n) is 12.8. The molecule has 110 valence electrons. The number of Topliss-reactive ketones (excluding diaryl/α,β-unsaturated/α-hetero) is 1. The number of nitrogens with one attached hydrogen (secondary N) is 2. The summed E-state index contributed by atoms with van der Waals surface area (Å²) in [7, 11) is 3.94. The molecule has 0 aliphatic rings. The highest BCUT2D eigenvalue weighted by Gasteiger charge is 2.20. The van der Waals surface area contributed by atoms with Crippen LogP contribution in [0.5, 0.6) is 0 Å². The van der Waals surface area contributed by atoms with Crippen molar-refractivity contribution in [3.63, 3.8) is 0 Å². The van der Waals surface area contributed by atoms with Crippen molar-refractivity contribution in [1.82, 2.24) is 10.2 Å². The van der Waals surface area contributed by atoms with E-state index in [9.17, 15) is 9.59 Å². The van der Waals surface area contributed by atoms with Gasteiger partial charge in [0.15, 0.2) is 5.78 Å². The van der Waals surface area contributed by atoms with E-state index in [1.54, 1.807) is 24.3 Å². The van der Waals surface area contributed by atoms with Crippen molar-refractivity contribution < 1.29 is 9.59 Å². The predicted octanol–water partition coefficient (Wildman–Crippen LogP) is 2.35. The Labute approximate surface area is 120 Å². The van der Waals surface area contributed by atoms with Gasteiger partial charge >= 0.3 is 6.03 Å². The minimum atomic E-state index is -0.277. The fraction of sp³-hybridized carbons (Fsp3) is 0.467. The summed E-state index contributed by atoms with van der Waals surface area (Å²) in [4.78, 5) is 25.2. The van der Waals surface area contributed by atoms with Gasteiger partial charge in [0.2, 0.25) is 0 Å². The monoisotopic (exact) mass is 277 g/mol. The molecule has 0 saturated carbocycles. The normalized spacial score (nSPS) is 11.3. The summed E-state index contributed by atoms with van der Waals surface area (Å²) >= 11 is 0. The molecule has 5 heteroatoms. The molecule has 0 aliphatic heterocycles. The summed E-state index contributed by atoms with van der Waals surface area (Å²) < 4.78 is 0. The molecular formula is C15H23N3O2. The second kappa shape index (κ2) is 6.52. The van der Waals surface area contributed by atoms with Crippen molar-refractivity contribution in [1.29, 1.82) is 0 Å². The third-order valence-electron chi connectivity index (χ3n) is 3.42. The number of rotatable bonds is 5. The van der Waals surface area contributed by atoms with E-state index >= 15 is 0 Å². The Bertz CT molecular complexity index is 496. The van der Waals surface area contributed by atoms with E-state index in [1.807, 2.05) is 32.8 Å². The Morgan fingerprint density at radius 3 is 2.45 bits per heavy atom. The first-order valence-corrected chi connectivity index (χ1v) is 6.55. The zero-order chi connectivity index (χ0) is 15.3. The second-order valence-electron chi connectivity index (χ2n) is 5.65. The molecule has 1 aromatic rings. The van der Waals surface area contributed by atoms with E-state index in [0.717, 1.165) is 0 Å². The number of anilines is 1. The third kappa shape index (κ3) is 4.66. The molecule has 0 spiro atoms. The summed E-state index contributed by atoms with van der Waals surface area (Å²) in [6.07, 6.45) is 0. The molecule has 0 radical (unpaired) electrons. The molecule has 0 heterocycles. The van der Waals surface area contributed by atoms with Crippen molar-refractivity contribution in [3.8, 4) is 0 Å². The number of nitrogens with zero attached hydrogens (tertiary/aromatic N) is 1. The van der Waals surface area contributed by atoms with E-state index in [0.29, 0.717) is 17.8 Å². The van der Waals surface area contributed by atoms with Gasteiger partial charge in [-0.3, -0.25) is 4.79 Å². The summed E-state index contributed by atoms with van der Waals surface area (Å²) in [6, 6.07) is 6.61. The van der Waals surface area contributed by atoms with Gasteiger partial charge in [-0.2, -0.15) is 0 Å². The number of benzene rings is 1. The van der Waals surface area contributed by atoms with E-state index in [-0.39, 0.29) is 17.4 Å². The lowest BCUT2D eigenvalue weighted by molar-refractivity contribution is 0.101. The lowest BCUT2D eigenvalue weighted by Crippen LogP contribution is -2.49. The molecule has 5 nitrogen and oxygen atoms in total. The molecule has 0 fully saturated rings. The van der Waals surface area contributed by atoms with Crippen molar-refractivity contribution in [2.24, 2.45) is 0 Å². The highest BCUT2D eigenvalue weighted by atomic mass is 16.2. The van der Waals surface area contributed by atoms with Crippen LogP contribution in [0.1, 0.15) is 31.1 Å². The SMILES string of the molecule is CC(=O)c1cccc(NC(=O)NCC(C)(C)N(C)C)c1. The molecule has 1 rings (SSSR count). The average molecular weight is 277 g/mol. The molecule has 1 aromatic carbocycles. The number of hydrogen-bond donors (Lipinski definition) is 2. The number of amides is 2. The fourth-order valence-corrected chi connectivity index (χ4v) is 1.45. The first kappa shape index (κ1) is 16.2. The quantitative estimate of drug-likeness (QED) is 0.812. The van der Waals surface area contributed by atoms with E-state index < -0.39 is 0 Å². The van der Waals surface area contributed by atoms with Gasteiger partial charge in [0.05, 0.1) is 0 Å². The first-order chi connectivity index (χ1) is 9.22. The van der Waals surface area contributed by atoms with Crippen molar-refractivity contribution in [2.45, 2.75) is 26.3 Å². The molecule has 2 N–H and O–H groups in total. The van der Waals surface area contributed by atoms with Crippen LogP contribution in [0.4, 0.5) is 10.5 Å². The maximum Gasteiger partial charge on any atom is 0.319 e. The van der Waals surface area contributed by atoms with Gasteiger partial charge in [0.1, 0.15) is 0 Å². The minimum Gasteiger partial charge on any atom is -0.336 e. The van der Waals surface area contributed by atoms with Crippen LogP contribution in [0.3, 0.4) is 0 Å². The molecule has 0 bridgehead atoms. The van der Waals surface area contributed by atoms with E-state index in [4.69, 9.17) is 0 Å². The number of carbonyl (C=O) groups excluding carboxylic acids is 2. The van der Waals surface area contributed by atoms with E-state index in [2.05, 4.69) is 10.6 Å². The van der Waals surface area contributed by atoms with Crippen LogP contribution in [-0.2, 0) is 0 Å². The summed E-state index contributed by atoms with van der Waals surface area (Å²) in [6.45, 7) is 6.12. The second-order valence-corrected chi connectivity index (χ2v) is 5.65. The number of ketones is 1. The Hall–Kier alpha value is -1.88. The van der Waals surface area contributed by atoms with Crippen LogP contribution in [0.25, 0.3) is 0 Å². The highest BCUT2D eigenvalue weighted by molar-refractivity contribution is 5.96. The predicted molar refractivity (Wildman–Crippen MR) is 81.2 cm³/mol. The molecule has 0 aromatic heterocycles. The number of hydrogen-bond acceptors (Lipinski definition) is 3. The molecular weight excluding hydrogens is 254 g/mol. The van der Waals surface area contributed by atoms with Crippen molar-refractivity contribution in [2.75, 3.05) is 26.0 Å². The fourth-order valence-electron chi connectivity index (χ4n) is 1.45. The lowest BCUT2D eigenvalue weighted by atomic mass is 10.0. The Morgan fingerprint density at radius 2 is 1.90 bits per heavy atom. The molecule has 0 saturated heterocycles. The standard InChI is InChI=1S/C15H23N3O2/c1-11(19)12-7-6-8-13(9-12)17-14(20)16-10-15(2,3)18(4)5/h6-9H,10H2,1-5H3,(H2,16,17,20). The Kier molecular flexibility index (Phi) is 5.27. The average Bonchev–Trinajstić information content (AvgIpc) is 2.36. The largest absolute Gasteiger partial charge is 0.336 e. The third-order valence-corrected chi connectivity index (χ3v) is 3.42. The summed E-state index contributed by atoms with van der Waals surface area (Å²) in [5.41, 5.74) is 1.06. The Morgan fingerprint density at radius 1 is 1.25 bits per heavy atom. The van der Waals surface area contributed by atoms with Crippen LogP contribution < -0.4 is 10.6 Å². The summed E-state index contributed by atoms with van der Waals surface area (Å²) in [5, 5.41) is 5.55. The highest BCUT2D eigenvalue weighted by Crippen LogP contribution is 2.11. The molecule has 20 heavy (non-hydrogen) atoms. The van der Waals surface area contributed by atoms with Crippen LogP contribution in [0.15, 0.2) is 24.3 Å². The van der Waals surface area contributed by atoms with Crippen LogP contribution in [0, 0.1) is 0 Å². The number of urea groups is 1. The van der Waals surface area contributed by atoms with Gasteiger partial charge in [0.25, 0.3) is 0 Å². The zero-order valence-corrected chi connectivity index (χ0v) is 12.8. The van der Waals surface area contributed by atoms with Crippen LogP contribution in [0.2, 0.25) is 0 Å². The summed E-state index contributed by atoms with van der Waals surface area (Å²) in [5.74, 6) is -0.0252. The minimum absolute atomic E-state index is 0.0252. The first-order valence-electron chi connectivity index (χ1n) is 6.55. The lowest BCUT2D eigenvalue weighted by Gasteiger charge is -2.32. The van der Waals surface area contributed by atoms with Gasteiger partial charge in [-0.15, -0.1) is 0 Å². The maximum absolute atomic E-state index is 11.8. The molecule has 0 aliphatic carbocycles. The van der Waals surface area contributed by atoms with E-state index in [1.165, 1.54) is 6.92 Å². The molecule has 0 unspecified atom stereocenters. The van der Waals surface area contributed by atoms with Gasteiger partial charge in [0, 0.05) is 23.3 Å².